The maximum absolute atomic E-state index is 12.9. The standard InChI is InChI=1S/C22H29N5OS2/c1-13(2)21-23-15(4)19(30-21)16(5)26(6)18(28)11-12-27-20(24-25-22(27)29)17-9-7-14(3)8-10-17/h7-10,13,16H,11-12H2,1-6H3,(H,25,29). The molecule has 0 bridgehead atoms. The lowest BCUT2D eigenvalue weighted by molar-refractivity contribution is -0.132. The molecule has 3 aromatic rings. The fourth-order valence-electron chi connectivity index (χ4n) is 3.29. The molecule has 0 aliphatic rings. The summed E-state index contributed by atoms with van der Waals surface area (Å²) in [6.45, 7) is 10.9. The average Bonchev–Trinajstić information content (AvgIpc) is 3.28. The summed E-state index contributed by atoms with van der Waals surface area (Å²) in [6.07, 6.45) is 0.350. The number of benzene rings is 1. The second-order valence-electron chi connectivity index (χ2n) is 7.96. The van der Waals surface area contributed by atoms with E-state index in [1.165, 1.54) is 5.56 Å². The van der Waals surface area contributed by atoms with Gasteiger partial charge in [-0.3, -0.25) is 14.5 Å². The molecule has 0 spiro atoms. The van der Waals surface area contributed by atoms with Gasteiger partial charge in [-0.15, -0.1) is 11.3 Å². The minimum Gasteiger partial charge on any atom is -0.338 e. The van der Waals surface area contributed by atoms with E-state index in [1.54, 1.807) is 16.2 Å². The quantitative estimate of drug-likeness (QED) is 0.496. The van der Waals surface area contributed by atoms with Gasteiger partial charge in [0.1, 0.15) is 0 Å². The molecule has 1 amide bonds. The first-order valence-corrected chi connectivity index (χ1v) is 11.4. The average molecular weight is 444 g/mol. The van der Waals surface area contributed by atoms with Crippen LogP contribution in [0.4, 0.5) is 0 Å². The molecular formula is C22H29N5OS2. The van der Waals surface area contributed by atoms with Crippen LogP contribution < -0.4 is 0 Å². The van der Waals surface area contributed by atoms with Gasteiger partial charge in [-0.25, -0.2) is 4.98 Å². The number of carbonyl (C=O) groups excluding carboxylic acids is 1. The van der Waals surface area contributed by atoms with Crippen molar-refractivity contribution in [1.82, 2.24) is 24.6 Å². The highest BCUT2D eigenvalue weighted by molar-refractivity contribution is 7.71. The van der Waals surface area contributed by atoms with Crippen LogP contribution in [0.15, 0.2) is 24.3 Å². The van der Waals surface area contributed by atoms with Gasteiger partial charge < -0.3 is 4.90 Å². The molecule has 1 unspecified atom stereocenters. The van der Waals surface area contributed by atoms with Crippen LogP contribution in [0, 0.1) is 18.6 Å². The Hall–Kier alpha value is -2.32. The fraction of sp³-hybridized carbons (Fsp3) is 0.455. The molecule has 0 radical (unpaired) electrons. The van der Waals surface area contributed by atoms with E-state index in [0.717, 1.165) is 27.0 Å². The third-order valence-corrected chi connectivity index (χ3v) is 7.25. The normalized spacial score (nSPS) is 12.4. The van der Waals surface area contributed by atoms with Crippen LogP contribution in [-0.2, 0) is 11.3 Å². The first-order chi connectivity index (χ1) is 14.2. The van der Waals surface area contributed by atoms with Crippen molar-refractivity contribution in [3.63, 3.8) is 0 Å². The maximum Gasteiger partial charge on any atom is 0.224 e. The predicted octanol–water partition coefficient (Wildman–Crippen LogP) is 5.41. The Bertz CT molecular complexity index is 1080. The zero-order valence-electron chi connectivity index (χ0n) is 18.4. The van der Waals surface area contributed by atoms with Crippen LogP contribution in [0.5, 0.6) is 0 Å². The third-order valence-electron chi connectivity index (χ3n) is 5.31. The Kier molecular flexibility index (Phi) is 6.88. The SMILES string of the molecule is Cc1ccc(-c2n[nH]c(=S)n2CCC(=O)N(C)C(C)c2sc(C(C)C)nc2C)cc1. The number of hydrogen-bond acceptors (Lipinski definition) is 5. The van der Waals surface area contributed by atoms with E-state index in [0.29, 0.717) is 23.7 Å². The van der Waals surface area contributed by atoms with Gasteiger partial charge >= 0.3 is 0 Å². The van der Waals surface area contributed by atoms with Crippen LogP contribution in [0.2, 0.25) is 0 Å². The second kappa shape index (κ2) is 9.22. The summed E-state index contributed by atoms with van der Waals surface area (Å²) in [6, 6.07) is 8.11. The molecule has 2 aromatic heterocycles. The number of hydrogen-bond donors (Lipinski definition) is 1. The van der Waals surface area contributed by atoms with Crippen molar-refractivity contribution in [3.8, 4) is 11.4 Å². The highest BCUT2D eigenvalue weighted by Crippen LogP contribution is 2.32. The van der Waals surface area contributed by atoms with Gasteiger partial charge in [-0.05, 0) is 33.0 Å². The molecule has 0 aliphatic heterocycles. The number of rotatable bonds is 7. The zero-order valence-corrected chi connectivity index (χ0v) is 20.0. The molecule has 160 valence electrons. The van der Waals surface area contributed by atoms with Crippen LogP contribution in [0.25, 0.3) is 11.4 Å². The zero-order chi connectivity index (χ0) is 22.0. The number of thiazole rings is 1. The van der Waals surface area contributed by atoms with Crippen molar-refractivity contribution in [2.75, 3.05) is 7.05 Å². The number of amides is 1. The molecule has 3 rings (SSSR count). The summed E-state index contributed by atoms with van der Waals surface area (Å²) >= 11 is 7.10. The monoisotopic (exact) mass is 443 g/mol. The van der Waals surface area contributed by atoms with E-state index in [-0.39, 0.29) is 11.9 Å². The van der Waals surface area contributed by atoms with Gasteiger partial charge in [0.05, 0.1) is 16.7 Å². The van der Waals surface area contributed by atoms with Crippen molar-refractivity contribution < 1.29 is 4.79 Å². The van der Waals surface area contributed by atoms with E-state index in [2.05, 4.69) is 36.0 Å². The minimum absolute atomic E-state index is 0.0172. The lowest BCUT2D eigenvalue weighted by Crippen LogP contribution is -2.30. The van der Waals surface area contributed by atoms with Crippen LogP contribution in [-0.4, -0.2) is 37.6 Å². The summed E-state index contributed by atoms with van der Waals surface area (Å²) in [4.78, 5) is 20.6. The molecule has 1 aromatic carbocycles. The number of nitrogens with one attached hydrogen (secondary N) is 1. The van der Waals surface area contributed by atoms with Gasteiger partial charge in [0.2, 0.25) is 5.91 Å². The molecule has 2 heterocycles. The molecule has 0 saturated heterocycles. The van der Waals surface area contributed by atoms with Crippen molar-refractivity contribution in [2.24, 2.45) is 0 Å². The Labute approximate surface area is 187 Å². The van der Waals surface area contributed by atoms with Gasteiger partial charge in [-0.1, -0.05) is 43.7 Å². The molecule has 1 atom stereocenters. The second-order valence-corrected chi connectivity index (χ2v) is 9.41. The van der Waals surface area contributed by atoms with Crippen LogP contribution >= 0.6 is 23.6 Å². The van der Waals surface area contributed by atoms with Crippen molar-refractivity contribution in [2.45, 2.75) is 59.5 Å². The molecule has 1 N–H and O–H groups in total. The largest absolute Gasteiger partial charge is 0.338 e. The van der Waals surface area contributed by atoms with Crippen LogP contribution in [0.1, 0.15) is 60.3 Å². The molecule has 6 nitrogen and oxygen atoms in total. The van der Waals surface area contributed by atoms with Crippen LogP contribution in [0.3, 0.4) is 0 Å². The summed E-state index contributed by atoms with van der Waals surface area (Å²) in [7, 11) is 1.86. The number of aryl methyl sites for hydroxylation is 2. The lowest BCUT2D eigenvalue weighted by atomic mass is 10.1. The van der Waals surface area contributed by atoms with Gasteiger partial charge in [-0.2, -0.15) is 5.10 Å². The number of aromatic amines is 1. The van der Waals surface area contributed by atoms with Gasteiger partial charge in [0.25, 0.3) is 0 Å². The highest BCUT2D eigenvalue weighted by Gasteiger charge is 2.23. The molecule has 0 saturated carbocycles. The molecule has 0 fully saturated rings. The number of carbonyl (C=O) groups is 1. The Balaban J connectivity index is 1.72. The predicted molar refractivity (Wildman–Crippen MR) is 124 cm³/mol. The summed E-state index contributed by atoms with van der Waals surface area (Å²) < 4.78 is 2.42. The summed E-state index contributed by atoms with van der Waals surface area (Å²) in [5, 5.41) is 8.34. The van der Waals surface area contributed by atoms with E-state index < -0.39 is 0 Å². The molecule has 0 aliphatic carbocycles. The number of nitrogens with zero attached hydrogens (tertiary/aromatic N) is 4. The molecular weight excluding hydrogens is 414 g/mol. The molecule has 30 heavy (non-hydrogen) atoms. The van der Waals surface area contributed by atoms with Gasteiger partial charge in [0, 0.05) is 36.4 Å². The smallest absolute Gasteiger partial charge is 0.224 e. The Morgan fingerprint density at radius 1 is 1.23 bits per heavy atom. The maximum atomic E-state index is 12.9. The Morgan fingerprint density at radius 2 is 1.90 bits per heavy atom. The Morgan fingerprint density at radius 3 is 2.50 bits per heavy atom. The van der Waals surface area contributed by atoms with Crippen molar-refractivity contribution in [3.05, 3.63) is 50.2 Å². The number of aromatic nitrogens is 4. The summed E-state index contributed by atoms with van der Waals surface area (Å²) in [5.41, 5.74) is 3.17. The van der Waals surface area contributed by atoms with E-state index in [4.69, 9.17) is 12.2 Å². The fourth-order valence-corrected chi connectivity index (χ4v) is 4.68. The topological polar surface area (TPSA) is 66.8 Å². The minimum atomic E-state index is -0.0172. The first kappa shape index (κ1) is 22.4. The third kappa shape index (κ3) is 4.70. The lowest BCUT2D eigenvalue weighted by Gasteiger charge is -2.24. The van der Waals surface area contributed by atoms with E-state index in [1.807, 2.05) is 49.7 Å². The first-order valence-electron chi connectivity index (χ1n) is 10.1. The van der Waals surface area contributed by atoms with E-state index in [9.17, 15) is 4.79 Å². The molecule has 8 heteroatoms. The van der Waals surface area contributed by atoms with Crippen molar-refractivity contribution in [1.29, 1.82) is 0 Å². The summed E-state index contributed by atoms with van der Waals surface area (Å²) in [5.74, 6) is 1.21. The highest BCUT2D eigenvalue weighted by atomic mass is 32.1. The van der Waals surface area contributed by atoms with E-state index >= 15 is 0 Å². The van der Waals surface area contributed by atoms with Crippen molar-refractivity contribution >= 4 is 29.5 Å². The number of H-pyrrole nitrogens is 1. The van der Waals surface area contributed by atoms with Gasteiger partial charge in [0.15, 0.2) is 10.6 Å².